The van der Waals surface area contributed by atoms with Crippen molar-refractivity contribution in [3.63, 3.8) is 0 Å². The molecule has 1 amide bonds. The number of amides is 1. The first kappa shape index (κ1) is 24.7. The fourth-order valence-corrected chi connectivity index (χ4v) is 6.95. The third kappa shape index (κ3) is 4.73. The van der Waals surface area contributed by atoms with E-state index in [1.54, 1.807) is 11.8 Å². The number of hydrogen-bond donors (Lipinski definition) is 0. The Bertz CT molecular complexity index is 1280. The molecule has 192 valence electrons. The van der Waals surface area contributed by atoms with Crippen LogP contribution in [-0.2, 0) is 23.4 Å². The van der Waals surface area contributed by atoms with Gasteiger partial charge in [0, 0.05) is 36.6 Å². The van der Waals surface area contributed by atoms with Crippen molar-refractivity contribution in [1.82, 2.24) is 9.80 Å². The van der Waals surface area contributed by atoms with Crippen molar-refractivity contribution < 1.29 is 9.53 Å². The summed E-state index contributed by atoms with van der Waals surface area (Å²) in [6.45, 7) is 6.73. The zero-order valence-corrected chi connectivity index (χ0v) is 22.7. The van der Waals surface area contributed by atoms with E-state index in [1.807, 2.05) is 12.1 Å². The van der Waals surface area contributed by atoms with Gasteiger partial charge in [-0.2, -0.15) is 0 Å². The third-order valence-electron chi connectivity index (χ3n) is 8.65. The minimum atomic E-state index is -0.109. The number of thioether (sulfide) groups is 1. The molecule has 3 aromatic rings. The molecule has 0 N–H and O–H groups in total. The van der Waals surface area contributed by atoms with E-state index in [9.17, 15) is 4.79 Å². The molecular weight excluding hydrogens is 476 g/mol. The van der Waals surface area contributed by atoms with Crippen LogP contribution in [-0.4, -0.2) is 48.1 Å². The average Bonchev–Trinajstić information content (AvgIpc) is 3.28. The fraction of sp³-hybridized carbons (Fsp3) is 0.406. The van der Waals surface area contributed by atoms with Gasteiger partial charge in [0.2, 0.25) is 0 Å². The van der Waals surface area contributed by atoms with Crippen LogP contribution in [0, 0.1) is 6.92 Å². The van der Waals surface area contributed by atoms with Gasteiger partial charge in [-0.1, -0.05) is 48.0 Å². The van der Waals surface area contributed by atoms with Crippen molar-refractivity contribution in [3.05, 3.63) is 100 Å². The molecule has 1 atom stereocenters. The first-order valence-corrected chi connectivity index (χ1v) is 14.8. The highest BCUT2D eigenvalue weighted by Gasteiger charge is 2.42. The number of benzene rings is 3. The van der Waals surface area contributed by atoms with Crippen LogP contribution >= 0.6 is 11.8 Å². The van der Waals surface area contributed by atoms with Crippen molar-refractivity contribution in [3.8, 4) is 0 Å². The number of carbonyl (C=O) groups excluding carboxylic acids is 1. The summed E-state index contributed by atoms with van der Waals surface area (Å²) in [4.78, 5) is 19.6. The van der Waals surface area contributed by atoms with Crippen LogP contribution in [0.25, 0.3) is 0 Å². The Morgan fingerprint density at radius 1 is 1.00 bits per heavy atom. The number of likely N-dealkylation sites (tertiary alicyclic amines) is 1. The van der Waals surface area contributed by atoms with Crippen molar-refractivity contribution in [2.24, 2.45) is 0 Å². The Kier molecular flexibility index (Phi) is 6.87. The van der Waals surface area contributed by atoms with Crippen molar-refractivity contribution in [2.45, 2.75) is 55.8 Å². The van der Waals surface area contributed by atoms with Gasteiger partial charge in [0.25, 0.3) is 5.91 Å². The zero-order valence-electron chi connectivity index (χ0n) is 21.9. The molecule has 3 aliphatic heterocycles. The molecule has 1 fully saturated rings. The Hall–Kier alpha value is -2.60. The minimum Gasteiger partial charge on any atom is -0.365 e. The Balaban J connectivity index is 1.16. The number of nitrogens with zero attached hydrogens (tertiary/aromatic N) is 2. The minimum absolute atomic E-state index is 0.109. The molecule has 0 aliphatic carbocycles. The maximum atomic E-state index is 13.7. The Morgan fingerprint density at radius 3 is 2.57 bits per heavy atom. The average molecular weight is 513 g/mol. The van der Waals surface area contributed by atoms with Crippen molar-refractivity contribution in [1.29, 1.82) is 0 Å². The normalized spacial score (nSPS) is 20.6. The molecule has 3 heterocycles. The van der Waals surface area contributed by atoms with Gasteiger partial charge in [-0.15, -0.1) is 11.8 Å². The lowest BCUT2D eigenvalue weighted by Crippen LogP contribution is -2.45. The van der Waals surface area contributed by atoms with Gasteiger partial charge >= 0.3 is 0 Å². The fourth-order valence-electron chi connectivity index (χ4n) is 6.54. The zero-order chi connectivity index (χ0) is 25.4. The molecule has 1 saturated heterocycles. The first-order chi connectivity index (χ1) is 18.1. The molecule has 1 spiro atoms. The molecule has 0 radical (unpaired) electrons. The summed E-state index contributed by atoms with van der Waals surface area (Å²) in [6.07, 6.45) is 6.01. The topological polar surface area (TPSA) is 32.8 Å². The van der Waals surface area contributed by atoms with E-state index in [2.05, 4.69) is 77.6 Å². The predicted molar refractivity (Wildman–Crippen MR) is 150 cm³/mol. The van der Waals surface area contributed by atoms with E-state index < -0.39 is 0 Å². The summed E-state index contributed by atoms with van der Waals surface area (Å²) in [7, 11) is 0. The quantitative estimate of drug-likeness (QED) is 0.372. The number of ether oxygens (including phenoxy) is 1. The summed E-state index contributed by atoms with van der Waals surface area (Å²) >= 11 is 1.70. The Morgan fingerprint density at radius 2 is 1.78 bits per heavy atom. The summed E-state index contributed by atoms with van der Waals surface area (Å²) in [5.41, 5.74) is 7.47. The van der Waals surface area contributed by atoms with Crippen LogP contribution < -0.4 is 0 Å². The molecule has 3 aromatic carbocycles. The maximum absolute atomic E-state index is 13.7. The highest BCUT2D eigenvalue weighted by molar-refractivity contribution is 7.98. The van der Waals surface area contributed by atoms with Gasteiger partial charge in [-0.25, -0.2) is 0 Å². The second-order valence-corrected chi connectivity index (χ2v) is 11.6. The highest BCUT2D eigenvalue weighted by Crippen LogP contribution is 2.44. The third-order valence-corrected chi connectivity index (χ3v) is 9.39. The van der Waals surface area contributed by atoms with E-state index in [0.29, 0.717) is 0 Å². The van der Waals surface area contributed by atoms with E-state index in [1.165, 1.54) is 32.7 Å². The first-order valence-electron chi connectivity index (χ1n) is 13.6. The van der Waals surface area contributed by atoms with Gasteiger partial charge in [-0.3, -0.25) is 4.79 Å². The lowest BCUT2D eigenvalue weighted by Gasteiger charge is -2.41. The van der Waals surface area contributed by atoms with E-state index in [4.69, 9.17) is 4.74 Å². The van der Waals surface area contributed by atoms with Gasteiger partial charge in [0.15, 0.2) is 0 Å². The van der Waals surface area contributed by atoms with Gasteiger partial charge in [0.05, 0.1) is 18.2 Å². The van der Waals surface area contributed by atoms with Crippen LogP contribution in [0.5, 0.6) is 0 Å². The molecule has 1 unspecified atom stereocenters. The van der Waals surface area contributed by atoms with Crippen LogP contribution in [0.15, 0.2) is 71.6 Å². The van der Waals surface area contributed by atoms with Crippen LogP contribution in [0.3, 0.4) is 0 Å². The van der Waals surface area contributed by atoms with Crippen molar-refractivity contribution >= 4 is 17.7 Å². The molecule has 3 aliphatic rings. The van der Waals surface area contributed by atoms with E-state index >= 15 is 0 Å². The lowest BCUT2D eigenvalue weighted by atomic mass is 9.83. The standard InChI is InChI=1S/C32H36N2O2S/c1-23-7-12-29-26(21-23)22-36-32(29)15-19-33(20-16-32)17-14-30-28-6-4-3-5-24(28)13-18-34(30)31(35)25-8-10-27(37-2)11-9-25/h3-12,21,30H,13-20,22H2,1-2H3. The molecule has 4 nitrogen and oxygen atoms in total. The number of aryl methyl sites for hydroxylation is 1. The molecule has 0 aromatic heterocycles. The predicted octanol–water partition coefficient (Wildman–Crippen LogP) is 6.37. The molecule has 37 heavy (non-hydrogen) atoms. The van der Waals surface area contributed by atoms with E-state index in [0.717, 1.165) is 64.0 Å². The van der Waals surface area contributed by atoms with Gasteiger partial charge in [0.1, 0.15) is 0 Å². The van der Waals surface area contributed by atoms with Crippen LogP contribution in [0.4, 0.5) is 0 Å². The molecular formula is C32H36N2O2S. The Labute approximate surface area is 225 Å². The van der Waals surface area contributed by atoms with Gasteiger partial charge in [-0.05, 0) is 85.4 Å². The summed E-state index contributed by atoms with van der Waals surface area (Å²) in [6, 6.07) is 23.7. The van der Waals surface area contributed by atoms with Crippen LogP contribution in [0.2, 0.25) is 0 Å². The lowest BCUT2D eigenvalue weighted by molar-refractivity contribution is -0.0793. The van der Waals surface area contributed by atoms with Crippen LogP contribution in [0.1, 0.15) is 63.5 Å². The molecule has 0 saturated carbocycles. The number of fused-ring (bicyclic) bond motifs is 3. The maximum Gasteiger partial charge on any atom is 0.254 e. The second-order valence-electron chi connectivity index (χ2n) is 10.8. The number of hydrogen-bond acceptors (Lipinski definition) is 4. The number of piperidine rings is 1. The number of carbonyl (C=O) groups is 1. The summed E-state index contributed by atoms with van der Waals surface area (Å²) in [5, 5.41) is 0. The molecule has 6 rings (SSSR count). The largest absolute Gasteiger partial charge is 0.365 e. The monoisotopic (exact) mass is 512 g/mol. The highest BCUT2D eigenvalue weighted by atomic mass is 32.2. The number of rotatable bonds is 5. The summed E-state index contributed by atoms with van der Waals surface area (Å²) < 4.78 is 6.43. The molecule has 5 heteroatoms. The van der Waals surface area contributed by atoms with Crippen molar-refractivity contribution in [2.75, 3.05) is 32.4 Å². The smallest absolute Gasteiger partial charge is 0.254 e. The molecule has 0 bridgehead atoms. The second kappa shape index (κ2) is 10.3. The summed E-state index contributed by atoms with van der Waals surface area (Å²) in [5.74, 6) is 0.149. The SMILES string of the molecule is CSc1ccc(C(=O)N2CCc3ccccc3C2CCN2CCC3(CC2)OCc2cc(C)ccc23)cc1. The van der Waals surface area contributed by atoms with E-state index in [-0.39, 0.29) is 17.6 Å². The van der Waals surface area contributed by atoms with Gasteiger partial charge < -0.3 is 14.5 Å².